The molecular formula is C16H17N2O2. The second-order valence-corrected chi connectivity index (χ2v) is 4.43. The van der Waals surface area contributed by atoms with E-state index in [1.807, 2.05) is 12.1 Å². The van der Waals surface area contributed by atoms with Crippen molar-refractivity contribution in [3.05, 3.63) is 48.3 Å². The van der Waals surface area contributed by atoms with E-state index in [0.717, 1.165) is 24.8 Å². The van der Waals surface area contributed by atoms with Crippen LogP contribution in [0.25, 0.3) is 11.4 Å². The molecule has 0 aliphatic rings. The van der Waals surface area contributed by atoms with Gasteiger partial charge in [0, 0.05) is 24.0 Å². The zero-order chi connectivity index (χ0) is 14.2. The first-order chi connectivity index (χ1) is 9.81. The zero-order valence-electron chi connectivity index (χ0n) is 11.5. The molecule has 0 aliphatic heterocycles. The van der Waals surface area contributed by atoms with Crippen molar-refractivity contribution >= 4 is 5.97 Å². The van der Waals surface area contributed by atoms with E-state index in [0.29, 0.717) is 18.0 Å². The quantitative estimate of drug-likeness (QED) is 0.596. The third kappa shape index (κ3) is 3.88. The van der Waals surface area contributed by atoms with Crippen molar-refractivity contribution in [2.24, 2.45) is 0 Å². The van der Waals surface area contributed by atoms with Crippen LogP contribution in [0.15, 0.2) is 36.7 Å². The monoisotopic (exact) mass is 269 g/mol. The summed E-state index contributed by atoms with van der Waals surface area (Å²) in [7, 11) is 0. The van der Waals surface area contributed by atoms with Crippen LogP contribution in [0.2, 0.25) is 0 Å². The molecule has 1 aromatic carbocycles. The maximum absolute atomic E-state index is 11.8. The van der Waals surface area contributed by atoms with Crippen LogP contribution < -0.4 is 0 Å². The molecule has 0 unspecified atom stereocenters. The van der Waals surface area contributed by atoms with Crippen LogP contribution in [0.4, 0.5) is 0 Å². The SMILES string of the molecule is CCCCCOC(=O)c1ccc(-c2nc[c]cn2)cc1. The molecule has 2 aromatic rings. The first-order valence-corrected chi connectivity index (χ1v) is 6.77. The van der Waals surface area contributed by atoms with Crippen molar-refractivity contribution in [1.29, 1.82) is 0 Å². The Bertz CT molecular complexity index is 538. The van der Waals surface area contributed by atoms with Crippen molar-refractivity contribution in [2.75, 3.05) is 6.61 Å². The molecule has 1 aromatic heterocycles. The Morgan fingerprint density at radius 2 is 1.85 bits per heavy atom. The Morgan fingerprint density at radius 1 is 1.15 bits per heavy atom. The van der Waals surface area contributed by atoms with E-state index >= 15 is 0 Å². The molecule has 4 heteroatoms. The number of ether oxygens (including phenoxy) is 1. The van der Waals surface area contributed by atoms with Gasteiger partial charge in [0.15, 0.2) is 5.82 Å². The molecule has 0 saturated heterocycles. The summed E-state index contributed by atoms with van der Waals surface area (Å²) in [6, 6.07) is 9.87. The lowest BCUT2D eigenvalue weighted by molar-refractivity contribution is 0.0498. The first kappa shape index (κ1) is 14.2. The number of aromatic nitrogens is 2. The van der Waals surface area contributed by atoms with Gasteiger partial charge in [-0.2, -0.15) is 0 Å². The molecule has 0 bridgehead atoms. The Kier molecular flexibility index (Phi) is 5.24. The van der Waals surface area contributed by atoms with E-state index in [4.69, 9.17) is 4.74 Å². The molecule has 0 aliphatic carbocycles. The highest BCUT2D eigenvalue weighted by Gasteiger charge is 2.07. The first-order valence-electron chi connectivity index (χ1n) is 6.77. The third-order valence-corrected chi connectivity index (χ3v) is 2.88. The number of carbonyl (C=O) groups excluding carboxylic acids is 1. The number of benzene rings is 1. The van der Waals surface area contributed by atoms with E-state index in [1.54, 1.807) is 24.5 Å². The van der Waals surface area contributed by atoms with E-state index in [2.05, 4.69) is 23.0 Å². The lowest BCUT2D eigenvalue weighted by Crippen LogP contribution is -2.06. The molecule has 4 nitrogen and oxygen atoms in total. The van der Waals surface area contributed by atoms with E-state index in [9.17, 15) is 4.79 Å². The molecule has 1 radical (unpaired) electrons. The predicted molar refractivity (Wildman–Crippen MR) is 76.1 cm³/mol. The Hall–Kier alpha value is -2.23. The van der Waals surface area contributed by atoms with Crippen LogP contribution in [0, 0.1) is 6.07 Å². The van der Waals surface area contributed by atoms with Gasteiger partial charge in [-0.1, -0.05) is 31.9 Å². The fourth-order valence-corrected chi connectivity index (χ4v) is 1.77. The smallest absolute Gasteiger partial charge is 0.338 e. The van der Waals surface area contributed by atoms with Crippen molar-refractivity contribution in [2.45, 2.75) is 26.2 Å². The number of esters is 1. The third-order valence-electron chi connectivity index (χ3n) is 2.88. The minimum Gasteiger partial charge on any atom is -0.462 e. The summed E-state index contributed by atoms with van der Waals surface area (Å²) in [4.78, 5) is 20.0. The summed E-state index contributed by atoms with van der Waals surface area (Å²) >= 11 is 0. The zero-order valence-corrected chi connectivity index (χ0v) is 11.5. The molecule has 2 rings (SSSR count). The summed E-state index contributed by atoms with van der Waals surface area (Å²) in [6.45, 7) is 2.59. The number of rotatable bonds is 6. The average molecular weight is 269 g/mol. The molecule has 0 saturated carbocycles. The highest BCUT2D eigenvalue weighted by atomic mass is 16.5. The van der Waals surface area contributed by atoms with Gasteiger partial charge in [-0.15, -0.1) is 0 Å². The number of nitrogens with zero attached hydrogens (tertiary/aromatic N) is 2. The fourth-order valence-electron chi connectivity index (χ4n) is 1.77. The van der Waals surface area contributed by atoms with Gasteiger partial charge in [0.2, 0.25) is 0 Å². The molecule has 1 heterocycles. The summed E-state index contributed by atoms with van der Waals surface area (Å²) < 4.78 is 5.20. The minimum absolute atomic E-state index is 0.282. The largest absolute Gasteiger partial charge is 0.462 e. The Balaban J connectivity index is 1.96. The molecule has 0 amide bonds. The number of hydrogen-bond acceptors (Lipinski definition) is 4. The van der Waals surface area contributed by atoms with Gasteiger partial charge in [-0.05, 0) is 18.6 Å². The average Bonchev–Trinajstić information content (AvgIpc) is 2.52. The topological polar surface area (TPSA) is 52.1 Å². The predicted octanol–water partition coefficient (Wildman–Crippen LogP) is 3.29. The number of unbranched alkanes of at least 4 members (excludes halogenated alkanes) is 2. The van der Waals surface area contributed by atoms with Gasteiger partial charge in [-0.3, -0.25) is 0 Å². The Morgan fingerprint density at radius 3 is 2.50 bits per heavy atom. The van der Waals surface area contributed by atoms with Crippen molar-refractivity contribution in [1.82, 2.24) is 9.97 Å². The highest BCUT2D eigenvalue weighted by molar-refractivity contribution is 5.89. The van der Waals surface area contributed by atoms with Crippen LogP contribution in [0.5, 0.6) is 0 Å². The van der Waals surface area contributed by atoms with Crippen molar-refractivity contribution in [3.63, 3.8) is 0 Å². The fraction of sp³-hybridized carbons (Fsp3) is 0.312. The van der Waals surface area contributed by atoms with Crippen molar-refractivity contribution in [3.8, 4) is 11.4 Å². The highest BCUT2D eigenvalue weighted by Crippen LogP contribution is 2.15. The normalized spacial score (nSPS) is 10.2. The summed E-state index contributed by atoms with van der Waals surface area (Å²) in [6.07, 6.45) is 6.24. The van der Waals surface area contributed by atoms with Crippen LogP contribution >= 0.6 is 0 Å². The van der Waals surface area contributed by atoms with Gasteiger partial charge in [0.25, 0.3) is 0 Å². The number of carbonyl (C=O) groups is 1. The Labute approximate surface area is 118 Å². The standard InChI is InChI=1S/C16H17N2O2/c1-2-3-4-12-20-16(19)14-8-6-13(7-9-14)15-17-10-5-11-18-15/h6-11H,2-4,12H2,1H3. The molecule has 0 N–H and O–H groups in total. The lowest BCUT2D eigenvalue weighted by Gasteiger charge is -2.05. The van der Waals surface area contributed by atoms with Crippen LogP contribution in [-0.2, 0) is 4.74 Å². The van der Waals surface area contributed by atoms with E-state index in [1.165, 1.54) is 0 Å². The maximum Gasteiger partial charge on any atom is 0.338 e. The molecular weight excluding hydrogens is 252 g/mol. The van der Waals surface area contributed by atoms with Crippen molar-refractivity contribution < 1.29 is 9.53 Å². The lowest BCUT2D eigenvalue weighted by atomic mass is 10.1. The van der Waals surface area contributed by atoms with Gasteiger partial charge < -0.3 is 4.74 Å². The van der Waals surface area contributed by atoms with E-state index in [-0.39, 0.29) is 5.97 Å². The summed E-state index contributed by atoms with van der Waals surface area (Å²) in [5, 5.41) is 0. The molecule has 0 fully saturated rings. The number of hydrogen-bond donors (Lipinski definition) is 0. The molecule has 0 spiro atoms. The van der Waals surface area contributed by atoms with Crippen LogP contribution in [0.3, 0.4) is 0 Å². The van der Waals surface area contributed by atoms with Gasteiger partial charge >= 0.3 is 5.97 Å². The van der Waals surface area contributed by atoms with Gasteiger partial charge in [0.1, 0.15) is 0 Å². The molecule has 0 atom stereocenters. The van der Waals surface area contributed by atoms with Gasteiger partial charge in [0.05, 0.1) is 12.2 Å². The molecule has 20 heavy (non-hydrogen) atoms. The summed E-state index contributed by atoms with van der Waals surface area (Å²) in [5.74, 6) is 0.335. The minimum atomic E-state index is -0.282. The van der Waals surface area contributed by atoms with Gasteiger partial charge in [-0.25, -0.2) is 14.8 Å². The van der Waals surface area contributed by atoms with Crippen LogP contribution in [-0.4, -0.2) is 22.5 Å². The molecule has 103 valence electrons. The maximum atomic E-state index is 11.8. The summed E-state index contributed by atoms with van der Waals surface area (Å²) in [5.41, 5.74) is 1.41. The van der Waals surface area contributed by atoms with Crippen LogP contribution in [0.1, 0.15) is 36.5 Å². The second kappa shape index (κ2) is 7.38. The second-order valence-electron chi connectivity index (χ2n) is 4.43. The van der Waals surface area contributed by atoms with E-state index < -0.39 is 0 Å².